The van der Waals surface area contributed by atoms with E-state index in [1.165, 1.54) is 6.20 Å². The molecule has 0 atom stereocenters. The smallest absolute Gasteiger partial charge is 0.337 e. The fraction of sp³-hybridized carbons (Fsp3) is 0.286. The lowest BCUT2D eigenvalue weighted by Gasteiger charge is -1.90. The number of fused-ring (bicyclic) bond motifs is 1. The van der Waals surface area contributed by atoms with Gasteiger partial charge in [0.05, 0.1) is 18.8 Å². The minimum absolute atomic E-state index is 0.331. The van der Waals surface area contributed by atoms with Crippen LogP contribution in [-0.4, -0.2) is 16.1 Å². The molecule has 0 saturated carbocycles. The number of aromatic amines is 1. The summed E-state index contributed by atoms with van der Waals surface area (Å²) in [5.41, 5.74) is 2.01. The van der Waals surface area contributed by atoms with E-state index in [1.807, 2.05) is 0 Å². The second kappa shape index (κ2) is 2.10. The van der Waals surface area contributed by atoms with Crippen molar-refractivity contribution in [1.82, 2.24) is 4.98 Å². The molecule has 11 heavy (non-hydrogen) atoms. The van der Waals surface area contributed by atoms with Crippen molar-refractivity contribution in [2.45, 2.75) is 13.2 Å². The van der Waals surface area contributed by atoms with E-state index in [0.717, 1.165) is 11.3 Å². The van der Waals surface area contributed by atoms with Crippen LogP contribution in [0.3, 0.4) is 0 Å². The summed E-state index contributed by atoms with van der Waals surface area (Å²) in [5.74, 6) is -0.895. The van der Waals surface area contributed by atoms with Crippen molar-refractivity contribution in [2.24, 2.45) is 0 Å². The number of ether oxygens (including phenoxy) is 1. The van der Waals surface area contributed by atoms with Gasteiger partial charge in [-0.05, 0) is 0 Å². The van der Waals surface area contributed by atoms with Gasteiger partial charge in [-0.15, -0.1) is 0 Å². The van der Waals surface area contributed by atoms with Crippen molar-refractivity contribution in [3.05, 3.63) is 23.0 Å². The SMILES string of the molecule is O=C(O)c1c[nH]c2c1COC2. The molecule has 2 rings (SSSR count). The van der Waals surface area contributed by atoms with Crippen LogP contribution < -0.4 is 0 Å². The predicted octanol–water partition coefficient (Wildman–Crippen LogP) is 0.743. The normalized spacial score (nSPS) is 14.9. The number of aromatic carboxylic acids is 1. The molecule has 0 fully saturated rings. The number of carboxylic acids is 1. The molecule has 0 aliphatic carbocycles. The Hall–Kier alpha value is -1.29. The molecule has 58 valence electrons. The second-order valence-electron chi connectivity index (χ2n) is 2.46. The average molecular weight is 153 g/mol. The Morgan fingerprint density at radius 2 is 2.45 bits per heavy atom. The van der Waals surface area contributed by atoms with Crippen LogP contribution in [0.2, 0.25) is 0 Å². The summed E-state index contributed by atoms with van der Waals surface area (Å²) in [7, 11) is 0. The maximum Gasteiger partial charge on any atom is 0.337 e. The molecule has 0 aromatic carbocycles. The molecule has 0 radical (unpaired) electrons. The third-order valence-electron chi connectivity index (χ3n) is 1.80. The van der Waals surface area contributed by atoms with Crippen LogP contribution in [0.25, 0.3) is 0 Å². The van der Waals surface area contributed by atoms with Crippen LogP contribution in [0.15, 0.2) is 6.20 Å². The summed E-state index contributed by atoms with van der Waals surface area (Å²) >= 11 is 0. The molecule has 0 spiro atoms. The third kappa shape index (κ3) is 0.832. The molecular weight excluding hydrogens is 146 g/mol. The van der Waals surface area contributed by atoms with Crippen LogP contribution in [0, 0.1) is 0 Å². The van der Waals surface area contributed by atoms with Gasteiger partial charge >= 0.3 is 5.97 Å². The van der Waals surface area contributed by atoms with Gasteiger partial charge in [0.2, 0.25) is 0 Å². The lowest BCUT2D eigenvalue weighted by atomic mass is 10.2. The molecular formula is C7H7NO3. The van der Waals surface area contributed by atoms with Crippen LogP contribution in [0.5, 0.6) is 0 Å². The average Bonchev–Trinajstić information content (AvgIpc) is 2.41. The Kier molecular flexibility index (Phi) is 1.22. The van der Waals surface area contributed by atoms with E-state index in [2.05, 4.69) is 4.98 Å². The molecule has 1 aliphatic heterocycles. The van der Waals surface area contributed by atoms with Crippen molar-refractivity contribution < 1.29 is 14.6 Å². The van der Waals surface area contributed by atoms with Gasteiger partial charge in [0.15, 0.2) is 0 Å². The molecule has 2 heterocycles. The summed E-state index contributed by atoms with van der Waals surface area (Å²) in [5, 5.41) is 8.66. The molecule has 0 amide bonds. The number of H-pyrrole nitrogens is 1. The molecule has 0 saturated heterocycles. The molecule has 0 unspecified atom stereocenters. The minimum atomic E-state index is -0.895. The Morgan fingerprint density at radius 3 is 3.18 bits per heavy atom. The van der Waals surface area contributed by atoms with E-state index in [1.54, 1.807) is 0 Å². The van der Waals surface area contributed by atoms with Gasteiger partial charge in [-0.3, -0.25) is 0 Å². The molecule has 4 heteroatoms. The first-order valence-corrected chi connectivity index (χ1v) is 3.29. The van der Waals surface area contributed by atoms with Gasteiger partial charge in [-0.1, -0.05) is 0 Å². The summed E-state index contributed by atoms with van der Waals surface area (Å²) in [6.07, 6.45) is 1.51. The van der Waals surface area contributed by atoms with Crippen molar-refractivity contribution >= 4 is 5.97 Å². The topological polar surface area (TPSA) is 62.3 Å². The zero-order valence-electron chi connectivity index (χ0n) is 5.76. The highest BCUT2D eigenvalue weighted by molar-refractivity contribution is 5.89. The van der Waals surface area contributed by atoms with Crippen LogP contribution in [0.1, 0.15) is 21.6 Å². The van der Waals surface area contributed by atoms with E-state index < -0.39 is 5.97 Å². The van der Waals surface area contributed by atoms with Crippen LogP contribution >= 0.6 is 0 Å². The fourth-order valence-corrected chi connectivity index (χ4v) is 1.24. The number of carbonyl (C=O) groups is 1. The molecule has 0 bridgehead atoms. The molecule has 1 aliphatic rings. The summed E-state index contributed by atoms with van der Waals surface area (Å²) in [4.78, 5) is 13.4. The van der Waals surface area contributed by atoms with Gasteiger partial charge in [0.25, 0.3) is 0 Å². The first-order valence-electron chi connectivity index (χ1n) is 3.29. The highest BCUT2D eigenvalue weighted by atomic mass is 16.5. The van der Waals surface area contributed by atoms with Gasteiger partial charge in [-0.2, -0.15) is 0 Å². The van der Waals surface area contributed by atoms with E-state index in [-0.39, 0.29) is 0 Å². The lowest BCUT2D eigenvalue weighted by molar-refractivity contribution is 0.0691. The zero-order chi connectivity index (χ0) is 7.84. The highest BCUT2D eigenvalue weighted by Gasteiger charge is 2.20. The standard InChI is InChI=1S/C7H7NO3/c9-7(10)4-1-8-6-3-11-2-5(4)6/h1,8H,2-3H2,(H,9,10). The highest BCUT2D eigenvalue weighted by Crippen LogP contribution is 2.22. The van der Waals surface area contributed by atoms with Crippen molar-refractivity contribution in [3.63, 3.8) is 0 Å². The predicted molar refractivity (Wildman–Crippen MR) is 36.2 cm³/mol. The Balaban J connectivity index is 2.50. The third-order valence-corrected chi connectivity index (χ3v) is 1.80. The number of hydrogen-bond acceptors (Lipinski definition) is 2. The summed E-state index contributed by atoms with van der Waals surface area (Å²) in [6, 6.07) is 0. The minimum Gasteiger partial charge on any atom is -0.478 e. The fourth-order valence-electron chi connectivity index (χ4n) is 1.24. The molecule has 2 N–H and O–H groups in total. The maximum absolute atomic E-state index is 10.5. The lowest BCUT2D eigenvalue weighted by Crippen LogP contribution is -1.97. The number of hydrogen-bond donors (Lipinski definition) is 2. The number of aromatic nitrogens is 1. The van der Waals surface area contributed by atoms with Crippen molar-refractivity contribution in [3.8, 4) is 0 Å². The first kappa shape index (κ1) is 6.42. The summed E-state index contributed by atoms with van der Waals surface area (Å²) < 4.78 is 5.05. The molecule has 1 aromatic heterocycles. The van der Waals surface area contributed by atoms with Crippen molar-refractivity contribution in [2.75, 3.05) is 0 Å². The maximum atomic E-state index is 10.5. The van der Waals surface area contributed by atoms with Gasteiger partial charge < -0.3 is 14.8 Å². The molecule has 4 nitrogen and oxygen atoms in total. The Bertz CT molecular complexity index is 303. The first-order chi connectivity index (χ1) is 5.29. The zero-order valence-corrected chi connectivity index (χ0v) is 5.76. The number of rotatable bonds is 1. The largest absolute Gasteiger partial charge is 0.478 e. The van der Waals surface area contributed by atoms with E-state index in [9.17, 15) is 4.79 Å². The van der Waals surface area contributed by atoms with E-state index in [4.69, 9.17) is 9.84 Å². The van der Waals surface area contributed by atoms with Gasteiger partial charge in [-0.25, -0.2) is 4.79 Å². The van der Waals surface area contributed by atoms with Gasteiger partial charge in [0, 0.05) is 17.5 Å². The monoisotopic (exact) mass is 153 g/mol. The second-order valence-corrected chi connectivity index (χ2v) is 2.46. The van der Waals surface area contributed by atoms with Crippen LogP contribution in [0.4, 0.5) is 0 Å². The number of nitrogens with one attached hydrogen (secondary N) is 1. The Labute approximate surface area is 62.8 Å². The quantitative estimate of drug-likeness (QED) is 0.625. The molecule has 1 aromatic rings. The van der Waals surface area contributed by atoms with Crippen molar-refractivity contribution in [1.29, 1.82) is 0 Å². The van der Waals surface area contributed by atoms with E-state index >= 15 is 0 Å². The van der Waals surface area contributed by atoms with E-state index in [0.29, 0.717) is 18.8 Å². The van der Waals surface area contributed by atoms with Crippen LogP contribution in [-0.2, 0) is 18.0 Å². The summed E-state index contributed by atoms with van der Waals surface area (Å²) in [6.45, 7) is 0.920. The Morgan fingerprint density at radius 1 is 1.64 bits per heavy atom. The number of carboxylic acid groups (broad SMARTS) is 1. The van der Waals surface area contributed by atoms with Gasteiger partial charge in [0.1, 0.15) is 0 Å².